The molecule has 1 N–H and O–H groups in total. The average Bonchev–Trinajstić information content (AvgIpc) is 2.23. The van der Waals surface area contributed by atoms with E-state index in [0.29, 0.717) is 5.92 Å². The molecule has 0 aromatic heterocycles. The molecule has 0 radical (unpaired) electrons. The predicted molar refractivity (Wildman–Crippen MR) is 69.4 cm³/mol. The van der Waals surface area contributed by atoms with Gasteiger partial charge in [0.05, 0.1) is 6.10 Å². The van der Waals surface area contributed by atoms with Gasteiger partial charge < -0.3 is 5.11 Å². The molecule has 0 aromatic carbocycles. The second kappa shape index (κ2) is 7.56. The van der Waals surface area contributed by atoms with E-state index in [0.717, 1.165) is 12.3 Å². The largest absolute Gasteiger partial charge is 0.393 e. The Morgan fingerprint density at radius 2 is 2.00 bits per heavy atom. The summed E-state index contributed by atoms with van der Waals surface area (Å²) in [5.74, 6) is 3.93. The molecule has 90 valence electrons. The van der Waals surface area contributed by atoms with Crippen molar-refractivity contribution in [3.63, 3.8) is 0 Å². The molecule has 3 unspecified atom stereocenters. The fraction of sp³-hybridized carbons (Fsp3) is 1.00. The van der Waals surface area contributed by atoms with Crippen LogP contribution in [0, 0.1) is 11.8 Å². The van der Waals surface area contributed by atoms with Gasteiger partial charge in [-0.2, -0.15) is 11.8 Å². The van der Waals surface area contributed by atoms with Crippen LogP contribution in [-0.4, -0.2) is 22.7 Å². The molecule has 0 heterocycles. The zero-order valence-electron chi connectivity index (χ0n) is 10.2. The lowest BCUT2D eigenvalue weighted by molar-refractivity contribution is 0.0449. The molecule has 0 aromatic rings. The minimum atomic E-state index is -0.00411. The molecule has 1 nitrogen and oxygen atoms in total. The maximum absolute atomic E-state index is 9.95. The van der Waals surface area contributed by atoms with Gasteiger partial charge in [-0.25, -0.2) is 0 Å². The minimum Gasteiger partial charge on any atom is -0.393 e. The van der Waals surface area contributed by atoms with Crippen molar-refractivity contribution in [2.45, 2.75) is 58.5 Å². The lowest BCUT2D eigenvalue weighted by atomic mass is 9.76. The molecule has 0 bridgehead atoms. The van der Waals surface area contributed by atoms with Crippen molar-refractivity contribution in [2.24, 2.45) is 11.8 Å². The highest BCUT2D eigenvalue weighted by atomic mass is 32.2. The van der Waals surface area contributed by atoms with Crippen molar-refractivity contribution in [1.29, 1.82) is 0 Å². The molecule has 0 saturated heterocycles. The standard InChI is InChI=1S/C13H26OS/c1-3-5-11-6-7-13(14)12(10-11)8-9-15-4-2/h11-14H,3-10H2,1-2H3. The van der Waals surface area contributed by atoms with Crippen LogP contribution in [0.1, 0.15) is 52.4 Å². The molecule has 0 aliphatic heterocycles. The average molecular weight is 230 g/mol. The molecule has 2 heteroatoms. The second-order valence-corrected chi connectivity index (χ2v) is 6.17. The first-order valence-electron chi connectivity index (χ1n) is 6.53. The third kappa shape index (κ3) is 4.78. The molecule has 3 atom stereocenters. The lowest BCUT2D eigenvalue weighted by Crippen LogP contribution is -2.29. The summed E-state index contributed by atoms with van der Waals surface area (Å²) in [4.78, 5) is 0. The maximum Gasteiger partial charge on any atom is 0.0568 e. The topological polar surface area (TPSA) is 20.2 Å². The Hall–Kier alpha value is 0.310. The van der Waals surface area contributed by atoms with Gasteiger partial charge in [-0.3, -0.25) is 0 Å². The summed E-state index contributed by atoms with van der Waals surface area (Å²) < 4.78 is 0. The second-order valence-electron chi connectivity index (χ2n) is 4.78. The highest BCUT2D eigenvalue weighted by Crippen LogP contribution is 2.34. The monoisotopic (exact) mass is 230 g/mol. The van der Waals surface area contributed by atoms with Gasteiger partial charge in [-0.15, -0.1) is 0 Å². The number of aliphatic hydroxyl groups is 1. The van der Waals surface area contributed by atoms with E-state index in [2.05, 4.69) is 13.8 Å². The predicted octanol–water partition coefficient (Wildman–Crippen LogP) is 3.71. The van der Waals surface area contributed by atoms with Crippen molar-refractivity contribution in [3.05, 3.63) is 0 Å². The summed E-state index contributed by atoms with van der Waals surface area (Å²) in [5.41, 5.74) is 0. The van der Waals surface area contributed by atoms with Crippen LogP contribution in [0.15, 0.2) is 0 Å². The van der Waals surface area contributed by atoms with Gasteiger partial charge in [0.2, 0.25) is 0 Å². The van der Waals surface area contributed by atoms with E-state index >= 15 is 0 Å². The Kier molecular flexibility index (Phi) is 6.74. The zero-order valence-corrected chi connectivity index (χ0v) is 11.1. The van der Waals surface area contributed by atoms with Crippen LogP contribution in [0.5, 0.6) is 0 Å². The Bertz CT molecular complexity index is 161. The number of aliphatic hydroxyl groups excluding tert-OH is 1. The first-order chi connectivity index (χ1) is 7.27. The van der Waals surface area contributed by atoms with E-state index in [-0.39, 0.29) is 6.10 Å². The first-order valence-corrected chi connectivity index (χ1v) is 7.69. The number of thioether (sulfide) groups is 1. The van der Waals surface area contributed by atoms with Crippen LogP contribution in [0.3, 0.4) is 0 Å². The summed E-state index contributed by atoms with van der Waals surface area (Å²) in [6, 6.07) is 0. The molecular formula is C13H26OS. The molecule has 15 heavy (non-hydrogen) atoms. The fourth-order valence-corrected chi connectivity index (χ4v) is 3.46. The molecule has 1 fully saturated rings. The van der Waals surface area contributed by atoms with Crippen molar-refractivity contribution in [2.75, 3.05) is 11.5 Å². The van der Waals surface area contributed by atoms with E-state index in [1.54, 1.807) is 0 Å². The van der Waals surface area contributed by atoms with E-state index < -0.39 is 0 Å². The van der Waals surface area contributed by atoms with Gasteiger partial charge in [-0.05, 0) is 49.0 Å². The van der Waals surface area contributed by atoms with Crippen LogP contribution in [0.25, 0.3) is 0 Å². The smallest absolute Gasteiger partial charge is 0.0568 e. The Balaban J connectivity index is 2.26. The van der Waals surface area contributed by atoms with Crippen LogP contribution in [0.2, 0.25) is 0 Å². The Morgan fingerprint density at radius 1 is 1.20 bits per heavy atom. The van der Waals surface area contributed by atoms with Gasteiger partial charge in [0, 0.05) is 0 Å². The number of rotatable bonds is 6. The lowest BCUT2D eigenvalue weighted by Gasteiger charge is -2.33. The zero-order chi connectivity index (χ0) is 11.1. The first kappa shape index (κ1) is 13.4. The summed E-state index contributed by atoms with van der Waals surface area (Å²) in [7, 11) is 0. The molecule has 1 rings (SSSR count). The summed E-state index contributed by atoms with van der Waals surface area (Å²) in [6.45, 7) is 4.48. The summed E-state index contributed by atoms with van der Waals surface area (Å²) >= 11 is 2.01. The van der Waals surface area contributed by atoms with Crippen LogP contribution in [0.4, 0.5) is 0 Å². The van der Waals surface area contributed by atoms with Gasteiger partial charge in [-0.1, -0.05) is 26.7 Å². The quantitative estimate of drug-likeness (QED) is 0.702. The molecule has 1 saturated carbocycles. The van der Waals surface area contributed by atoms with Crippen molar-refractivity contribution < 1.29 is 5.11 Å². The third-order valence-corrected chi connectivity index (χ3v) is 4.52. The summed E-state index contributed by atoms with van der Waals surface area (Å²) in [5, 5.41) is 9.95. The Morgan fingerprint density at radius 3 is 2.67 bits per heavy atom. The summed E-state index contributed by atoms with van der Waals surface area (Å²) in [6.07, 6.45) is 7.47. The van der Waals surface area contributed by atoms with Gasteiger partial charge in [0.1, 0.15) is 0 Å². The normalized spacial score (nSPS) is 31.8. The minimum absolute atomic E-state index is 0.00411. The van der Waals surface area contributed by atoms with Gasteiger partial charge in [0.15, 0.2) is 0 Å². The highest BCUT2D eigenvalue weighted by molar-refractivity contribution is 7.99. The van der Waals surface area contributed by atoms with Crippen molar-refractivity contribution in [1.82, 2.24) is 0 Å². The molecule has 1 aliphatic rings. The molecule has 0 spiro atoms. The highest BCUT2D eigenvalue weighted by Gasteiger charge is 2.27. The van der Waals surface area contributed by atoms with Crippen LogP contribution in [-0.2, 0) is 0 Å². The van der Waals surface area contributed by atoms with E-state index in [1.165, 1.54) is 43.6 Å². The van der Waals surface area contributed by atoms with Crippen molar-refractivity contribution >= 4 is 11.8 Å². The van der Waals surface area contributed by atoms with Gasteiger partial charge >= 0.3 is 0 Å². The number of hydrogen-bond donors (Lipinski definition) is 1. The Labute approximate surface area is 99.0 Å². The van der Waals surface area contributed by atoms with E-state index in [1.807, 2.05) is 11.8 Å². The fourth-order valence-electron chi connectivity index (χ4n) is 2.70. The molecule has 0 amide bonds. The maximum atomic E-state index is 9.95. The van der Waals surface area contributed by atoms with E-state index in [4.69, 9.17) is 0 Å². The van der Waals surface area contributed by atoms with Gasteiger partial charge in [0.25, 0.3) is 0 Å². The molecular weight excluding hydrogens is 204 g/mol. The van der Waals surface area contributed by atoms with Crippen molar-refractivity contribution in [3.8, 4) is 0 Å². The van der Waals surface area contributed by atoms with Crippen LogP contribution < -0.4 is 0 Å². The number of hydrogen-bond acceptors (Lipinski definition) is 2. The van der Waals surface area contributed by atoms with Crippen LogP contribution >= 0.6 is 11.8 Å². The molecule has 1 aliphatic carbocycles. The SMILES string of the molecule is CCCC1CCC(O)C(CCSCC)C1. The van der Waals surface area contributed by atoms with E-state index in [9.17, 15) is 5.11 Å². The third-order valence-electron chi connectivity index (χ3n) is 3.58.